The predicted octanol–water partition coefficient (Wildman–Crippen LogP) is 1.08. The number of methoxy groups -OCH3 is 1. The van der Waals surface area contributed by atoms with Crippen molar-refractivity contribution in [1.29, 1.82) is 0 Å². The molecule has 12 heavy (non-hydrogen) atoms. The highest BCUT2D eigenvalue weighted by atomic mass is 16.5. The van der Waals surface area contributed by atoms with Crippen LogP contribution < -0.4 is 5.32 Å². The summed E-state index contributed by atoms with van der Waals surface area (Å²) in [5.41, 5.74) is -0.358. The molecule has 0 aromatic carbocycles. The molecule has 1 N–H and O–H groups in total. The summed E-state index contributed by atoms with van der Waals surface area (Å²) in [6.45, 7) is 2.85. The Balaban J connectivity index is 2.64. The summed E-state index contributed by atoms with van der Waals surface area (Å²) in [7, 11) is 1.46. The van der Waals surface area contributed by atoms with Crippen molar-refractivity contribution in [3.63, 3.8) is 0 Å². The Morgan fingerprint density at radius 3 is 2.50 bits per heavy atom. The Hall–Kier alpha value is -0.570. The normalized spacial score (nSPS) is 20.8. The second-order valence-corrected chi connectivity index (χ2v) is 3.31. The number of carbonyl (C=O) groups excluding carboxylic acids is 1. The number of nitrogens with one attached hydrogen (secondary N) is 1. The fourth-order valence-electron chi connectivity index (χ4n) is 1.97. The first-order valence-corrected chi connectivity index (χ1v) is 4.58. The van der Waals surface area contributed by atoms with E-state index in [0.29, 0.717) is 0 Å². The Labute approximate surface area is 73.5 Å². The SMILES string of the molecule is CCNC1(C(=O)OC)CCCC1. The molecule has 0 amide bonds. The predicted molar refractivity (Wildman–Crippen MR) is 46.9 cm³/mol. The molecule has 1 aliphatic carbocycles. The monoisotopic (exact) mass is 171 g/mol. The topological polar surface area (TPSA) is 38.3 Å². The number of carbonyl (C=O) groups is 1. The highest BCUT2D eigenvalue weighted by molar-refractivity contribution is 5.81. The van der Waals surface area contributed by atoms with Crippen molar-refractivity contribution in [2.24, 2.45) is 0 Å². The zero-order valence-corrected chi connectivity index (χ0v) is 7.85. The number of esters is 1. The van der Waals surface area contributed by atoms with Gasteiger partial charge in [-0.3, -0.25) is 4.79 Å². The lowest BCUT2D eigenvalue weighted by Crippen LogP contribution is -2.50. The van der Waals surface area contributed by atoms with E-state index >= 15 is 0 Å². The lowest BCUT2D eigenvalue weighted by molar-refractivity contribution is -0.148. The molecule has 1 aliphatic rings. The van der Waals surface area contributed by atoms with E-state index in [1.807, 2.05) is 6.92 Å². The second kappa shape index (κ2) is 3.90. The van der Waals surface area contributed by atoms with Crippen molar-refractivity contribution in [3.05, 3.63) is 0 Å². The molecule has 1 saturated carbocycles. The number of rotatable bonds is 3. The van der Waals surface area contributed by atoms with Crippen LogP contribution in [0.1, 0.15) is 32.6 Å². The molecule has 70 valence electrons. The van der Waals surface area contributed by atoms with Gasteiger partial charge in [0.15, 0.2) is 0 Å². The highest BCUT2D eigenvalue weighted by Crippen LogP contribution is 2.30. The molecule has 0 heterocycles. The molecule has 1 fully saturated rings. The van der Waals surface area contributed by atoms with E-state index in [9.17, 15) is 4.79 Å². The summed E-state index contributed by atoms with van der Waals surface area (Å²) >= 11 is 0. The maximum Gasteiger partial charge on any atom is 0.326 e. The van der Waals surface area contributed by atoms with E-state index in [-0.39, 0.29) is 11.5 Å². The van der Waals surface area contributed by atoms with Gasteiger partial charge >= 0.3 is 5.97 Å². The maximum absolute atomic E-state index is 11.4. The highest BCUT2D eigenvalue weighted by Gasteiger charge is 2.41. The Morgan fingerprint density at radius 1 is 1.50 bits per heavy atom. The molecule has 0 aliphatic heterocycles. The molecular formula is C9H17NO2. The van der Waals surface area contributed by atoms with E-state index in [1.54, 1.807) is 0 Å². The fraction of sp³-hybridized carbons (Fsp3) is 0.889. The minimum Gasteiger partial charge on any atom is -0.468 e. The fourth-order valence-corrected chi connectivity index (χ4v) is 1.97. The average Bonchev–Trinajstić information content (AvgIpc) is 2.53. The van der Waals surface area contributed by atoms with E-state index in [0.717, 1.165) is 32.2 Å². The lowest BCUT2D eigenvalue weighted by Gasteiger charge is -2.26. The summed E-state index contributed by atoms with van der Waals surface area (Å²) < 4.78 is 4.79. The zero-order valence-electron chi connectivity index (χ0n) is 7.85. The van der Waals surface area contributed by atoms with Crippen molar-refractivity contribution in [1.82, 2.24) is 5.32 Å². The van der Waals surface area contributed by atoms with E-state index in [2.05, 4.69) is 5.32 Å². The van der Waals surface area contributed by atoms with Gasteiger partial charge in [0.1, 0.15) is 5.54 Å². The standard InChI is InChI=1S/C9H17NO2/c1-3-10-9(8(11)12-2)6-4-5-7-9/h10H,3-7H2,1-2H3. The lowest BCUT2D eigenvalue weighted by atomic mass is 9.98. The molecule has 0 spiro atoms. The summed E-state index contributed by atoms with van der Waals surface area (Å²) in [5, 5.41) is 3.23. The van der Waals surface area contributed by atoms with Crippen molar-refractivity contribution < 1.29 is 9.53 Å². The Morgan fingerprint density at radius 2 is 2.08 bits per heavy atom. The number of hydrogen-bond donors (Lipinski definition) is 1. The van der Waals surface area contributed by atoms with Gasteiger partial charge in [0, 0.05) is 0 Å². The van der Waals surface area contributed by atoms with E-state index in [1.165, 1.54) is 7.11 Å². The van der Waals surface area contributed by atoms with Crippen LogP contribution in [-0.4, -0.2) is 25.2 Å². The number of ether oxygens (including phenoxy) is 1. The first-order chi connectivity index (χ1) is 5.75. The van der Waals surface area contributed by atoms with Crippen LogP contribution in [0.25, 0.3) is 0 Å². The molecule has 0 aromatic rings. The van der Waals surface area contributed by atoms with Crippen molar-refractivity contribution >= 4 is 5.97 Å². The third-order valence-corrected chi connectivity index (χ3v) is 2.55. The minimum atomic E-state index is -0.358. The minimum absolute atomic E-state index is 0.0955. The molecule has 0 atom stereocenters. The van der Waals surface area contributed by atoms with Gasteiger partial charge in [-0.2, -0.15) is 0 Å². The largest absolute Gasteiger partial charge is 0.468 e. The Kier molecular flexibility index (Phi) is 3.09. The first kappa shape index (κ1) is 9.52. The quantitative estimate of drug-likeness (QED) is 0.646. The van der Waals surface area contributed by atoms with E-state index < -0.39 is 0 Å². The molecule has 0 radical (unpaired) electrons. The summed E-state index contributed by atoms with van der Waals surface area (Å²) in [6.07, 6.45) is 4.10. The van der Waals surface area contributed by atoms with Gasteiger partial charge < -0.3 is 10.1 Å². The van der Waals surface area contributed by atoms with Gasteiger partial charge in [0.25, 0.3) is 0 Å². The van der Waals surface area contributed by atoms with Gasteiger partial charge in [-0.25, -0.2) is 0 Å². The maximum atomic E-state index is 11.4. The van der Waals surface area contributed by atoms with Gasteiger partial charge in [0.2, 0.25) is 0 Å². The molecular weight excluding hydrogens is 154 g/mol. The third-order valence-electron chi connectivity index (χ3n) is 2.55. The summed E-state index contributed by atoms with van der Waals surface area (Å²) in [5.74, 6) is -0.0955. The molecule has 3 heteroatoms. The molecule has 0 unspecified atom stereocenters. The van der Waals surface area contributed by atoms with Crippen LogP contribution in [0.5, 0.6) is 0 Å². The molecule has 1 rings (SSSR count). The smallest absolute Gasteiger partial charge is 0.326 e. The molecule has 0 saturated heterocycles. The molecule has 3 nitrogen and oxygen atoms in total. The van der Waals surface area contributed by atoms with E-state index in [4.69, 9.17) is 4.74 Å². The van der Waals surface area contributed by atoms with Crippen LogP contribution >= 0.6 is 0 Å². The van der Waals surface area contributed by atoms with Crippen LogP contribution in [0.3, 0.4) is 0 Å². The van der Waals surface area contributed by atoms with Crippen LogP contribution in [0.15, 0.2) is 0 Å². The van der Waals surface area contributed by atoms with Crippen LogP contribution in [0, 0.1) is 0 Å². The molecule has 0 bridgehead atoms. The number of hydrogen-bond acceptors (Lipinski definition) is 3. The molecule has 0 aromatic heterocycles. The summed E-state index contributed by atoms with van der Waals surface area (Å²) in [6, 6.07) is 0. The van der Waals surface area contributed by atoms with Gasteiger partial charge in [-0.15, -0.1) is 0 Å². The van der Waals surface area contributed by atoms with Crippen molar-refractivity contribution in [2.45, 2.75) is 38.1 Å². The number of likely N-dealkylation sites (N-methyl/N-ethyl adjacent to an activating group) is 1. The third kappa shape index (κ3) is 1.61. The van der Waals surface area contributed by atoms with Crippen LogP contribution in [-0.2, 0) is 9.53 Å². The van der Waals surface area contributed by atoms with Crippen molar-refractivity contribution in [3.8, 4) is 0 Å². The average molecular weight is 171 g/mol. The van der Waals surface area contributed by atoms with Crippen LogP contribution in [0.4, 0.5) is 0 Å². The second-order valence-electron chi connectivity index (χ2n) is 3.31. The summed E-state index contributed by atoms with van der Waals surface area (Å²) in [4.78, 5) is 11.4. The Bertz CT molecular complexity index is 162. The van der Waals surface area contributed by atoms with Crippen molar-refractivity contribution in [2.75, 3.05) is 13.7 Å². The van der Waals surface area contributed by atoms with Gasteiger partial charge in [-0.05, 0) is 19.4 Å². The zero-order chi connectivity index (χ0) is 9.03. The van der Waals surface area contributed by atoms with Gasteiger partial charge in [0.05, 0.1) is 7.11 Å². The first-order valence-electron chi connectivity index (χ1n) is 4.58. The van der Waals surface area contributed by atoms with Gasteiger partial charge in [-0.1, -0.05) is 19.8 Å². The van der Waals surface area contributed by atoms with Crippen LogP contribution in [0.2, 0.25) is 0 Å².